The molecule has 0 amide bonds. The van der Waals surface area contributed by atoms with Crippen molar-refractivity contribution < 1.29 is 9.53 Å². The number of hydrogen-bond acceptors (Lipinski definition) is 2. The van der Waals surface area contributed by atoms with Crippen LogP contribution in [0.2, 0.25) is 0 Å². The molecule has 0 N–H and O–H groups in total. The van der Waals surface area contributed by atoms with Crippen LogP contribution in [0.5, 0.6) is 0 Å². The Morgan fingerprint density at radius 3 is 3.27 bits per heavy atom. The predicted molar refractivity (Wildman–Crippen MR) is 38.8 cm³/mol. The summed E-state index contributed by atoms with van der Waals surface area (Å²) in [6, 6.07) is 0. The molecule has 2 heteroatoms. The van der Waals surface area contributed by atoms with Gasteiger partial charge in [0.05, 0.1) is 5.92 Å². The Hall–Kier alpha value is -0.790. The quantitative estimate of drug-likeness (QED) is 0.384. The standard InChI is InChI=1S/C9H10O2/c1-9-3-2-5-4-6(7(5)9)8(10)11-9/h4,6-7H,2-3H2,1H3. The van der Waals surface area contributed by atoms with Gasteiger partial charge in [0, 0.05) is 5.92 Å². The van der Waals surface area contributed by atoms with Gasteiger partial charge in [-0.2, -0.15) is 0 Å². The highest BCUT2D eigenvalue weighted by molar-refractivity contribution is 5.82. The molecule has 0 bridgehead atoms. The number of carbonyl (C=O) groups excluding carboxylic acids is 1. The number of rotatable bonds is 0. The summed E-state index contributed by atoms with van der Waals surface area (Å²) in [6.07, 6.45) is 4.27. The summed E-state index contributed by atoms with van der Waals surface area (Å²) >= 11 is 0. The lowest BCUT2D eigenvalue weighted by Crippen LogP contribution is -2.31. The molecule has 0 radical (unpaired) electrons. The zero-order chi connectivity index (χ0) is 7.64. The van der Waals surface area contributed by atoms with E-state index < -0.39 is 0 Å². The molecule has 1 heterocycles. The SMILES string of the molecule is CC12CCC3=CC(C(=O)O1)C32. The fourth-order valence-electron chi connectivity index (χ4n) is 2.72. The third-order valence-electron chi connectivity index (χ3n) is 3.33. The molecule has 2 nitrogen and oxygen atoms in total. The molecular weight excluding hydrogens is 140 g/mol. The molecule has 2 fully saturated rings. The van der Waals surface area contributed by atoms with Gasteiger partial charge in [0.15, 0.2) is 0 Å². The van der Waals surface area contributed by atoms with Crippen molar-refractivity contribution in [1.29, 1.82) is 0 Å². The zero-order valence-electron chi connectivity index (χ0n) is 6.46. The largest absolute Gasteiger partial charge is 0.458 e. The summed E-state index contributed by atoms with van der Waals surface area (Å²) in [4.78, 5) is 11.2. The monoisotopic (exact) mass is 150 g/mol. The normalized spacial score (nSPS) is 51.4. The first-order valence-corrected chi connectivity index (χ1v) is 4.14. The topological polar surface area (TPSA) is 26.3 Å². The molecule has 0 aromatic carbocycles. The maximum Gasteiger partial charge on any atom is 0.314 e. The van der Waals surface area contributed by atoms with Crippen LogP contribution in [0.15, 0.2) is 11.6 Å². The van der Waals surface area contributed by atoms with E-state index in [2.05, 4.69) is 13.0 Å². The number of ether oxygens (including phenoxy) is 1. The lowest BCUT2D eigenvalue weighted by molar-refractivity contribution is -0.148. The lowest BCUT2D eigenvalue weighted by Gasteiger charge is -2.27. The van der Waals surface area contributed by atoms with Gasteiger partial charge < -0.3 is 4.74 Å². The van der Waals surface area contributed by atoms with Gasteiger partial charge in [-0.3, -0.25) is 4.79 Å². The van der Waals surface area contributed by atoms with E-state index in [9.17, 15) is 4.79 Å². The summed E-state index contributed by atoms with van der Waals surface area (Å²) in [5, 5.41) is 0. The van der Waals surface area contributed by atoms with E-state index in [1.807, 2.05) is 0 Å². The van der Waals surface area contributed by atoms with E-state index in [1.54, 1.807) is 0 Å². The van der Waals surface area contributed by atoms with Gasteiger partial charge in [-0.1, -0.05) is 11.6 Å². The van der Waals surface area contributed by atoms with E-state index >= 15 is 0 Å². The first kappa shape index (κ1) is 5.81. The highest BCUT2D eigenvalue weighted by atomic mass is 16.6. The van der Waals surface area contributed by atoms with Gasteiger partial charge in [0.1, 0.15) is 5.60 Å². The van der Waals surface area contributed by atoms with Crippen LogP contribution in [0.25, 0.3) is 0 Å². The molecule has 11 heavy (non-hydrogen) atoms. The summed E-state index contributed by atoms with van der Waals surface area (Å²) in [7, 11) is 0. The Morgan fingerprint density at radius 2 is 2.55 bits per heavy atom. The van der Waals surface area contributed by atoms with Gasteiger partial charge >= 0.3 is 5.97 Å². The summed E-state index contributed by atoms with van der Waals surface area (Å²) < 4.78 is 5.34. The summed E-state index contributed by atoms with van der Waals surface area (Å²) in [5.41, 5.74) is 1.34. The Balaban J connectivity index is 2.14. The van der Waals surface area contributed by atoms with Crippen LogP contribution in [0, 0.1) is 11.8 Å². The first-order valence-electron chi connectivity index (χ1n) is 4.14. The Bertz CT molecular complexity index is 279. The highest BCUT2D eigenvalue weighted by Gasteiger charge is 2.61. The van der Waals surface area contributed by atoms with Crippen LogP contribution >= 0.6 is 0 Å². The second kappa shape index (κ2) is 1.38. The van der Waals surface area contributed by atoms with Crippen LogP contribution in [0.3, 0.4) is 0 Å². The molecule has 1 saturated heterocycles. The van der Waals surface area contributed by atoms with Crippen LogP contribution in [0.4, 0.5) is 0 Å². The maximum atomic E-state index is 11.2. The molecule has 1 saturated carbocycles. The summed E-state index contributed by atoms with van der Waals surface area (Å²) in [6.45, 7) is 2.07. The first-order chi connectivity index (χ1) is 5.21. The second-order valence-corrected chi connectivity index (χ2v) is 3.98. The fourth-order valence-corrected chi connectivity index (χ4v) is 2.72. The zero-order valence-corrected chi connectivity index (χ0v) is 6.46. The van der Waals surface area contributed by atoms with Crippen molar-refractivity contribution >= 4 is 5.97 Å². The van der Waals surface area contributed by atoms with Crippen LogP contribution in [-0.4, -0.2) is 11.6 Å². The van der Waals surface area contributed by atoms with Gasteiger partial charge in [-0.25, -0.2) is 0 Å². The molecule has 2 aliphatic carbocycles. The van der Waals surface area contributed by atoms with Crippen molar-refractivity contribution in [1.82, 2.24) is 0 Å². The Kier molecular flexibility index (Phi) is 0.729. The Labute approximate surface area is 65.2 Å². The van der Waals surface area contributed by atoms with Crippen molar-refractivity contribution in [2.45, 2.75) is 25.4 Å². The number of esters is 1. The van der Waals surface area contributed by atoms with E-state index in [4.69, 9.17) is 4.74 Å². The molecular formula is C9H10O2. The van der Waals surface area contributed by atoms with Crippen molar-refractivity contribution in [3.05, 3.63) is 11.6 Å². The van der Waals surface area contributed by atoms with Gasteiger partial charge in [-0.05, 0) is 19.8 Å². The van der Waals surface area contributed by atoms with Crippen LogP contribution < -0.4 is 0 Å². The second-order valence-electron chi connectivity index (χ2n) is 3.98. The van der Waals surface area contributed by atoms with Gasteiger partial charge in [0.2, 0.25) is 0 Å². The van der Waals surface area contributed by atoms with Crippen LogP contribution in [-0.2, 0) is 9.53 Å². The fraction of sp³-hybridized carbons (Fsp3) is 0.667. The van der Waals surface area contributed by atoms with E-state index in [0.717, 1.165) is 12.8 Å². The molecule has 0 aromatic rings. The average Bonchev–Trinajstić information content (AvgIpc) is 2.09. The van der Waals surface area contributed by atoms with Crippen molar-refractivity contribution in [2.75, 3.05) is 0 Å². The third-order valence-corrected chi connectivity index (χ3v) is 3.33. The van der Waals surface area contributed by atoms with Crippen LogP contribution in [0.1, 0.15) is 19.8 Å². The molecule has 3 atom stereocenters. The number of carbonyl (C=O) groups is 1. The minimum atomic E-state index is -0.119. The highest BCUT2D eigenvalue weighted by Crippen LogP contribution is 2.57. The molecule has 0 aromatic heterocycles. The lowest BCUT2D eigenvalue weighted by atomic mass is 9.73. The van der Waals surface area contributed by atoms with Gasteiger partial charge in [0.25, 0.3) is 0 Å². The van der Waals surface area contributed by atoms with E-state index in [0.29, 0.717) is 5.92 Å². The smallest absolute Gasteiger partial charge is 0.314 e. The molecule has 1 aliphatic heterocycles. The molecule has 3 unspecified atom stereocenters. The third kappa shape index (κ3) is 0.461. The molecule has 58 valence electrons. The minimum absolute atomic E-state index is 0.000880. The van der Waals surface area contributed by atoms with Crippen molar-refractivity contribution in [3.63, 3.8) is 0 Å². The predicted octanol–water partition coefficient (Wildman–Crippen LogP) is 1.27. The van der Waals surface area contributed by atoms with E-state index in [-0.39, 0.29) is 17.5 Å². The summed E-state index contributed by atoms with van der Waals surface area (Å²) in [5.74, 6) is 0.577. The maximum absolute atomic E-state index is 11.2. The van der Waals surface area contributed by atoms with E-state index in [1.165, 1.54) is 5.57 Å². The van der Waals surface area contributed by atoms with Crippen molar-refractivity contribution in [2.24, 2.45) is 11.8 Å². The molecule has 3 rings (SSSR count). The van der Waals surface area contributed by atoms with Crippen molar-refractivity contribution in [3.8, 4) is 0 Å². The number of hydrogen-bond donors (Lipinski definition) is 0. The average molecular weight is 150 g/mol. The Morgan fingerprint density at radius 1 is 1.73 bits per heavy atom. The minimum Gasteiger partial charge on any atom is -0.458 e. The van der Waals surface area contributed by atoms with Gasteiger partial charge in [-0.15, -0.1) is 0 Å². The molecule has 3 aliphatic rings. The molecule has 0 spiro atoms.